The lowest BCUT2D eigenvalue weighted by Gasteiger charge is -2.18. The molecule has 1 saturated heterocycles. The van der Waals surface area contributed by atoms with Crippen LogP contribution in [0.5, 0.6) is 5.75 Å². The first-order valence-electron chi connectivity index (χ1n) is 10.5. The number of carbonyl (C=O) groups is 1. The first kappa shape index (κ1) is 25.5. The number of benzene rings is 1. The van der Waals surface area contributed by atoms with E-state index in [1.165, 1.54) is 16.7 Å². The second kappa shape index (κ2) is 12.9. The van der Waals surface area contributed by atoms with Crippen LogP contribution in [0.1, 0.15) is 49.8 Å². The van der Waals surface area contributed by atoms with Gasteiger partial charge in [-0.3, -0.25) is 9.79 Å². The molecular weight excluding hydrogens is 479 g/mol. The van der Waals surface area contributed by atoms with Gasteiger partial charge in [-0.2, -0.15) is 0 Å². The Kier molecular flexibility index (Phi) is 11.4. The Morgan fingerprint density at radius 1 is 1.28 bits per heavy atom. The molecule has 164 valence electrons. The molecule has 1 aromatic rings. The van der Waals surface area contributed by atoms with Crippen LogP contribution in [-0.2, 0) is 4.79 Å². The fourth-order valence-corrected chi connectivity index (χ4v) is 3.43. The van der Waals surface area contributed by atoms with E-state index in [2.05, 4.69) is 55.5 Å². The van der Waals surface area contributed by atoms with Gasteiger partial charge in [0.25, 0.3) is 0 Å². The number of nitrogens with zero attached hydrogens (tertiary/aromatic N) is 2. The average molecular weight is 516 g/mol. The third-order valence-corrected chi connectivity index (χ3v) is 5.12. The van der Waals surface area contributed by atoms with Crippen molar-refractivity contribution in [2.75, 3.05) is 32.8 Å². The van der Waals surface area contributed by atoms with E-state index in [1.807, 2.05) is 11.8 Å². The van der Waals surface area contributed by atoms with Crippen molar-refractivity contribution < 1.29 is 9.53 Å². The number of ether oxygens (including phenoxy) is 1. The lowest BCUT2D eigenvalue weighted by atomic mass is 10.1. The van der Waals surface area contributed by atoms with Crippen LogP contribution in [0.4, 0.5) is 0 Å². The molecule has 1 aromatic carbocycles. The Balaban J connectivity index is 0.00000420. The zero-order valence-electron chi connectivity index (χ0n) is 18.5. The maximum atomic E-state index is 11.8. The molecule has 1 amide bonds. The van der Waals surface area contributed by atoms with Crippen molar-refractivity contribution in [3.05, 3.63) is 28.8 Å². The topological polar surface area (TPSA) is 66.0 Å². The molecule has 0 saturated carbocycles. The molecule has 6 nitrogen and oxygen atoms in total. The fraction of sp³-hybridized carbons (Fsp3) is 0.636. The van der Waals surface area contributed by atoms with Gasteiger partial charge in [0, 0.05) is 45.1 Å². The molecule has 1 aliphatic rings. The summed E-state index contributed by atoms with van der Waals surface area (Å²) in [6.45, 7) is 14.0. The summed E-state index contributed by atoms with van der Waals surface area (Å²) in [5, 5.41) is 6.76. The predicted molar refractivity (Wildman–Crippen MR) is 131 cm³/mol. The lowest BCUT2D eigenvalue weighted by molar-refractivity contribution is -0.129. The average Bonchev–Trinajstić information content (AvgIpc) is 3.13. The van der Waals surface area contributed by atoms with E-state index in [0.29, 0.717) is 19.6 Å². The highest BCUT2D eigenvalue weighted by Crippen LogP contribution is 2.23. The fourth-order valence-electron chi connectivity index (χ4n) is 3.43. The number of hydrogen-bond acceptors (Lipinski definition) is 3. The van der Waals surface area contributed by atoms with Crippen LogP contribution in [0, 0.1) is 20.8 Å². The Morgan fingerprint density at radius 3 is 2.72 bits per heavy atom. The van der Waals surface area contributed by atoms with E-state index in [1.54, 1.807) is 0 Å². The first-order valence-corrected chi connectivity index (χ1v) is 10.5. The van der Waals surface area contributed by atoms with E-state index in [-0.39, 0.29) is 35.9 Å². The van der Waals surface area contributed by atoms with Gasteiger partial charge in [-0.1, -0.05) is 13.0 Å². The van der Waals surface area contributed by atoms with Gasteiger partial charge in [-0.05, 0) is 56.9 Å². The lowest BCUT2D eigenvalue weighted by Crippen LogP contribution is -2.45. The summed E-state index contributed by atoms with van der Waals surface area (Å²) in [5.74, 6) is 2.02. The van der Waals surface area contributed by atoms with Gasteiger partial charge in [-0.25, -0.2) is 0 Å². The monoisotopic (exact) mass is 516 g/mol. The van der Waals surface area contributed by atoms with Crippen molar-refractivity contribution in [3.8, 4) is 5.75 Å². The van der Waals surface area contributed by atoms with E-state index < -0.39 is 0 Å². The number of amides is 1. The largest absolute Gasteiger partial charge is 0.493 e. The Labute approximate surface area is 192 Å². The number of halogens is 1. The van der Waals surface area contributed by atoms with Crippen molar-refractivity contribution in [1.82, 2.24) is 15.5 Å². The van der Waals surface area contributed by atoms with E-state index in [4.69, 9.17) is 4.74 Å². The van der Waals surface area contributed by atoms with Crippen molar-refractivity contribution in [1.29, 1.82) is 0 Å². The number of rotatable bonds is 8. The molecular formula is C22H37IN4O2. The standard InChI is InChI=1S/C22H36N4O2.HI/c1-6-21(27)26-11-9-19(15-26)25-22(23-7-2)24-10-8-12-28-20-14-16(3)13-17(4)18(20)5;/h13-14,19H,6-12,15H2,1-5H3,(H2,23,24,25);1H. The summed E-state index contributed by atoms with van der Waals surface area (Å²) in [6.07, 6.45) is 2.39. The summed E-state index contributed by atoms with van der Waals surface area (Å²) in [5.41, 5.74) is 3.69. The van der Waals surface area contributed by atoms with E-state index >= 15 is 0 Å². The zero-order chi connectivity index (χ0) is 20.5. The molecule has 0 spiro atoms. The SMILES string of the molecule is CCNC(=NCCCOc1cc(C)cc(C)c1C)NC1CCN(C(=O)CC)C1.I. The van der Waals surface area contributed by atoms with Crippen molar-refractivity contribution in [2.24, 2.45) is 4.99 Å². The van der Waals surface area contributed by atoms with Crippen LogP contribution in [-0.4, -0.2) is 55.6 Å². The van der Waals surface area contributed by atoms with Crippen molar-refractivity contribution in [3.63, 3.8) is 0 Å². The molecule has 1 fully saturated rings. The molecule has 1 unspecified atom stereocenters. The summed E-state index contributed by atoms with van der Waals surface area (Å²) < 4.78 is 5.97. The maximum Gasteiger partial charge on any atom is 0.222 e. The normalized spacial score (nSPS) is 16.4. The summed E-state index contributed by atoms with van der Waals surface area (Å²) in [7, 11) is 0. The molecule has 0 bridgehead atoms. The van der Waals surface area contributed by atoms with Crippen LogP contribution < -0.4 is 15.4 Å². The molecule has 0 aromatic heterocycles. The maximum absolute atomic E-state index is 11.8. The summed E-state index contributed by atoms with van der Waals surface area (Å²) in [4.78, 5) is 18.4. The number of nitrogens with one attached hydrogen (secondary N) is 2. The number of likely N-dealkylation sites (tertiary alicyclic amines) is 1. The summed E-state index contributed by atoms with van der Waals surface area (Å²) in [6, 6.07) is 4.54. The Morgan fingerprint density at radius 2 is 2.03 bits per heavy atom. The van der Waals surface area contributed by atoms with Crippen molar-refractivity contribution in [2.45, 2.75) is 59.9 Å². The van der Waals surface area contributed by atoms with Gasteiger partial charge in [0.05, 0.1) is 6.61 Å². The van der Waals surface area contributed by atoms with Gasteiger partial charge < -0.3 is 20.3 Å². The highest BCUT2D eigenvalue weighted by atomic mass is 127. The molecule has 0 aliphatic carbocycles. The van der Waals surface area contributed by atoms with Crippen LogP contribution in [0.25, 0.3) is 0 Å². The van der Waals surface area contributed by atoms with Gasteiger partial charge in [0.2, 0.25) is 5.91 Å². The minimum absolute atomic E-state index is 0. The number of aliphatic imine (C=N–C) groups is 1. The molecule has 1 heterocycles. The third kappa shape index (κ3) is 8.03. The highest BCUT2D eigenvalue weighted by Gasteiger charge is 2.25. The number of aryl methyl sites for hydroxylation is 2. The van der Waals surface area contributed by atoms with Crippen LogP contribution in [0.15, 0.2) is 17.1 Å². The van der Waals surface area contributed by atoms with Crippen molar-refractivity contribution >= 4 is 35.8 Å². The molecule has 1 aliphatic heterocycles. The van der Waals surface area contributed by atoms with Crippen LogP contribution in [0.2, 0.25) is 0 Å². The highest BCUT2D eigenvalue weighted by molar-refractivity contribution is 14.0. The second-order valence-electron chi connectivity index (χ2n) is 7.49. The number of carbonyl (C=O) groups excluding carboxylic acids is 1. The summed E-state index contributed by atoms with van der Waals surface area (Å²) >= 11 is 0. The van der Waals surface area contributed by atoms with E-state index in [9.17, 15) is 4.79 Å². The van der Waals surface area contributed by atoms with E-state index in [0.717, 1.165) is 44.2 Å². The minimum Gasteiger partial charge on any atom is -0.493 e. The minimum atomic E-state index is 0. The molecule has 2 rings (SSSR count). The second-order valence-corrected chi connectivity index (χ2v) is 7.49. The Hall–Kier alpha value is -1.51. The smallest absolute Gasteiger partial charge is 0.222 e. The number of hydrogen-bond donors (Lipinski definition) is 2. The molecule has 7 heteroatoms. The quantitative estimate of drug-likeness (QED) is 0.240. The Bertz CT molecular complexity index is 694. The van der Waals surface area contributed by atoms with Gasteiger partial charge >= 0.3 is 0 Å². The molecule has 29 heavy (non-hydrogen) atoms. The number of guanidine groups is 1. The van der Waals surface area contributed by atoms with Gasteiger partial charge in [0.15, 0.2) is 5.96 Å². The molecule has 1 atom stereocenters. The van der Waals surface area contributed by atoms with Crippen LogP contribution >= 0.6 is 24.0 Å². The van der Waals surface area contributed by atoms with Crippen LogP contribution in [0.3, 0.4) is 0 Å². The molecule has 2 N–H and O–H groups in total. The first-order chi connectivity index (χ1) is 13.4. The third-order valence-electron chi connectivity index (χ3n) is 5.12. The van der Waals surface area contributed by atoms with Gasteiger partial charge in [0.1, 0.15) is 5.75 Å². The predicted octanol–water partition coefficient (Wildman–Crippen LogP) is 3.56. The zero-order valence-corrected chi connectivity index (χ0v) is 20.8. The van der Waals surface area contributed by atoms with Gasteiger partial charge in [-0.15, -0.1) is 24.0 Å². The molecule has 0 radical (unpaired) electrons.